The van der Waals surface area contributed by atoms with Crippen LogP contribution in [0.2, 0.25) is 5.02 Å². The monoisotopic (exact) mass is 456 g/mol. The summed E-state index contributed by atoms with van der Waals surface area (Å²) in [5.74, 6) is -0.283. The maximum absolute atomic E-state index is 12.8. The van der Waals surface area contributed by atoms with Crippen LogP contribution in [0.3, 0.4) is 0 Å². The number of nitrogens with zero attached hydrogens (tertiary/aromatic N) is 1. The van der Waals surface area contributed by atoms with E-state index < -0.39 is 10.0 Å². The van der Waals surface area contributed by atoms with Crippen molar-refractivity contribution in [2.75, 3.05) is 26.3 Å². The molecular formula is C20H25ClN2O4S2. The van der Waals surface area contributed by atoms with Gasteiger partial charge in [-0.2, -0.15) is 4.31 Å². The van der Waals surface area contributed by atoms with Crippen molar-refractivity contribution in [2.45, 2.75) is 30.5 Å². The number of carbonyl (C=O) groups is 1. The van der Waals surface area contributed by atoms with Gasteiger partial charge in [-0.3, -0.25) is 4.79 Å². The molecule has 0 aliphatic carbocycles. The van der Waals surface area contributed by atoms with E-state index in [4.69, 9.17) is 16.3 Å². The van der Waals surface area contributed by atoms with E-state index in [1.807, 2.05) is 26.0 Å². The first-order chi connectivity index (χ1) is 13.8. The summed E-state index contributed by atoms with van der Waals surface area (Å²) in [4.78, 5) is 13.6. The molecular weight excluding hydrogens is 432 g/mol. The Kier molecular flexibility index (Phi) is 7.34. The molecule has 0 unspecified atom stereocenters. The van der Waals surface area contributed by atoms with Gasteiger partial charge in [-0.05, 0) is 35.7 Å². The van der Waals surface area contributed by atoms with Gasteiger partial charge in [0, 0.05) is 23.0 Å². The number of sulfonamides is 1. The van der Waals surface area contributed by atoms with Crippen LogP contribution in [0.4, 0.5) is 0 Å². The number of amides is 1. The smallest absolute Gasteiger partial charge is 0.252 e. The summed E-state index contributed by atoms with van der Waals surface area (Å²) in [6.45, 7) is 5.84. The van der Waals surface area contributed by atoms with Crippen molar-refractivity contribution in [2.24, 2.45) is 5.92 Å². The predicted octanol–water partition coefficient (Wildman–Crippen LogP) is 3.48. The van der Waals surface area contributed by atoms with Crippen LogP contribution in [0.1, 0.15) is 30.2 Å². The molecule has 1 amide bonds. The van der Waals surface area contributed by atoms with Crippen molar-refractivity contribution < 1.29 is 17.9 Å². The van der Waals surface area contributed by atoms with Gasteiger partial charge in [0.15, 0.2) is 0 Å². The van der Waals surface area contributed by atoms with Crippen LogP contribution in [-0.2, 0) is 26.1 Å². The van der Waals surface area contributed by atoms with Crippen LogP contribution in [0.5, 0.6) is 0 Å². The fourth-order valence-electron chi connectivity index (χ4n) is 3.30. The number of rotatable bonds is 7. The van der Waals surface area contributed by atoms with Gasteiger partial charge >= 0.3 is 0 Å². The van der Waals surface area contributed by atoms with Crippen molar-refractivity contribution >= 4 is 38.9 Å². The van der Waals surface area contributed by atoms with E-state index in [1.165, 1.54) is 15.6 Å². The molecule has 1 aliphatic heterocycles. The number of halogens is 1. The van der Waals surface area contributed by atoms with Gasteiger partial charge in [0.25, 0.3) is 10.0 Å². The highest BCUT2D eigenvalue weighted by atomic mass is 35.5. The summed E-state index contributed by atoms with van der Waals surface area (Å²) in [6.07, 6.45) is 0. The largest absolute Gasteiger partial charge is 0.379 e. The second-order valence-electron chi connectivity index (χ2n) is 7.23. The van der Waals surface area contributed by atoms with Gasteiger partial charge < -0.3 is 10.1 Å². The number of hydrogen-bond donors (Lipinski definition) is 1. The van der Waals surface area contributed by atoms with E-state index in [1.54, 1.807) is 24.3 Å². The highest BCUT2D eigenvalue weighted by Crippen LogP contribution is 2.28. The van der Waals surface area contributed by atoms with Crippen molar-refractivity contribution in [1.82, 2.24) is 9.62 Å². The van der Waals surface area contributed by atoms with Crippen molar-refractivity contribution in [1.29, 1.82) is 0 Å². The lowest BCUT2D eigenvalue weighted by atomic mass is 9.87. The molecule has 1 atom stereocenters. The minimum Gasteiger partial charge on any atom is -0.379 e. The number of thiophene rings is 1. The average molecular weight is 457 g/mol. The standard InChI is InChI=1S/C20H25ClN2O4S2/c1-14(2)19(15-3-5-16(21)6-4-15)20(24)22-13-17-7-8-18(28-17)29(25,26)23-9-11-27-12-10-23/h3-8,14,19H,9-13H2,1-2H3,(H,22,24)/t19-/m0/s1. The number of hydrogen-bond acceptors (Lipinski definition) is 5. The summed E-state index contributed by atoms with van der Waals surface area (Å²) < 4.78 is 32.4. The van der Waals surface area contributed by atoms with Crippen molar-refractivity contribution in [3.63, 3.8) is 0 Å². The zero-order chi connectivity index (χ0) is 21.0. The topological polar surface area (TPSA) is 75.7 Å². The summed E-state index contributed by atoms with van der Waals surface area (Å²) in [5.41, 5.74) is 0.906. The normalized spacial score (nSPS) is 16.7. The molecule has 0 spiro atoms. The third-order valence-corrected chi connectivity index (χ3v) is 8.52. The fourth-order valence-corrected chi connectivity index (χ4v) is 6.28. The number of benzene rings is 1. The quantitative estimate of drug-likeness (QED) is 0.692. The van der Waals surface area contributed by atoms with Crippen LogP contribution in [0.15, 0.2) is 40.6 Å². The van der Waals surface area contributed by atoms with E-state index in [9.17, 15) is 13.2 Å². The molecule has 1 aromatic heterocycles. The van der Waals surface area contributed by atoms with E-state index in [-0.39, 0.29) is 17.7 Å². The summed E-state index contributed by atoms with van der Waals surface area (Å²) in [6, 6.07) is 10.7. The SMILES string of the molecule is CC(C)[C@H](C(=O)NCc1ccc(S(=O)(=O)N2CCOCC2)s1)c1ccc(Cl)cc1. The maximum Gasteiger partial charge on any atom is 0.252 e. The van der Waals surface area contributed by atoms with E-state index in [0.717, 1.165) is 10.4 Å². The molecule has 2 heterocycles. The van der Waals surface area contributed by atoms with Gasteiger partial charge in [-0.25, -0.2) is 8.42 Å². The lowest BCUT2D eigenvalue weighted by molar-refractivity contribution is -0.123. The molecule has 3 rings (SSSR count). The van der Waals surface area contributed by atoms with Gasteiger partial charge in [-0.1, -0.05) is 37.6 Å². The molecule has 1 aliphatic rings. The van der Waals surface area contributed by atoms with Crippen LogP contribution in [0.25, 0.3) is 0 Å². The van der Waals surface area contributed by atoms with Gasteiger partial charge in [0.1, 0.15) is 4.21 Å². The molecule has 0 radical (unpaired) electrons. The molecule has 158 valence electrons. The molecule has 1 fully saturated rings. The van der Waals surface area contributed by atoms with Crippen LogP contribution >= 0.6 is 22.9 Å². The molecule has 29 heavy (non-hydrogen) atoms. The predicted molar refractivity (Wildman–Crippen MR) is 115 cm³/mol. The second kappa shape index (κ2) is 9.57. The Morgan fingerprint density at radius 1 is 1.17 bits per heavy atom. The molecule has 2 aromatic rings. The zero-order valence-corrected chi connectivity index (χ0v) is 18.8. The zero-order valence-electron chi connectivity index (χ0n) is 16.4. The number of carbonyl (C=O) groups excluding carboxylic acids is 1. The Labute approximate surface area is 180 Å². The Morgan fingerprint density at radius 2 is 1.83 bits per heavy atom. The first kappa shape index (κ1) is 22.2. The van der Waals surface area contributed by atoms with Gasteiger partial charge in [0.05, 0.1) is 25.7 Å². The summed E-state index contributed by atoms with van der Waals surface area (Å²) in [7, 11) is -3.51. The van der Waals surface area contributed by atoms with E-state index in [2.05, 4.69) is 5.32 Å². The lowest BCUT2D eigenvalue weighted by Gasteiger charge is -2.25. The van der Waals surface area contributed by atoms with Crippen LogP contribution in [-0.4, -0.2) is 44.9 Å². The second-order valence-corrected chi connectivity index (χ2v) is 11.0. The van der Waals surface area contributed by atoms with Crippen LogP contribution in [0, 0.1) is 5.92 Å². The molecule has 1 aromatic carbocycles. The average Bonchev–Trinajstić information content (AvgIpc) is 3.18. The molecule has 9 heteroatoms. The van der Waals surface area contributed by atoms with Gasteiger partial charge in [0.2, 0.25) is 5.91 Å². The molecule has 0 saturated carbocycles. The Bertz CT molecular complexity index is 936. The molecule has 6 nitrogen and oxygen atoms in total. The molecule has 0 bridgehead atoms. The highest BCUT2D eigenvalue weighted by Gasteiger charge is 2.28. The Hall–Kier alpha value is -1.45. The third kappa shape index (κ3) is 5.38. The minimum absolute atomic E-state index is 0.0895. The third-order valence-electron chi connectivity index (χ3n) is 4.82. The summed E-state index contributed by atoms with van der Waals surface area (Å²) in [5, 5.41) is 3.58. The maximum atomic E-state index is 12.8. The van der Waals surface area contributed by atoms with E-state index >= 15 is 0 Å². The summed E-state index contributed by atoms with van der Waals surface area (Å²) >= 11 is 7.14. The number of ether oxygens (including phenoxy) is 1. The van der Waals surface area contributed by atoms with Gasteiger partial charge in [-0.15, -0.1) is 11.3 Å². The van der Waals surface area contributed by atoms with Crippen LogP contribution < -0.4 is 5.32 Å². The van der Waals surface area contributed by atoms with E-state index in [0.29, 0.717) is 42.1 Å². The number of morpholine rings is 1. The van der Waals surface area contributed by atoms with Crippen molar-refractivity contribution in [3.8, 4) is 0 Å². The van der Waals surface area contributed by atoms with Crippen molar-refractivity contribution in [3.05, 3.63) is 51.9 Å². The minimum atomic E-state index is -3.51. The Morgan fingerprint density at radius 3 is 2.45 bits per heavy atom. The highest BCUT2D eigenvalue weighted by molar-refractivity contribution is 7.91. The number of nitrogens with one attached hydrogen (secondary N) is 1. The lowest BCUT2D eigenvalue weighted by Crippen LogP contribution is -2.40. The fraction of sp³-hybridized carbons (Fsp3) is 0.450. The molecule has 1 N–H and O–H groups in total. The first-order valence-electron chi connectivity index (χ1n) is 9.49. The Balaban J connectivity index is 1.66. The first-order valence-corrected chi connectivity index (χ1v) is 12.1. The molecule has 1 saturated heterocycles.